The Morgan fingerprint density at radius 3 is 2.25 bits per heavy atom. The van der Waals surface area contributed by atoms with Crippen molar-refractivity contribution in [2.24, 2.45) is 5.41 Å². The lowest BCUT2D eigenvalue weighted by molar-refractivity contribution is -0.136. The Bertz CT molecular complexity index is 268. The maximum Gasteiger partial charge on any atom is 0.223 e. The standard InChI is InChI=1S/C13H23NO2/c1-13(2,3)9-12(16)14(4)10-5-7-11(15)8-6-10/h10H,5-9H2,1-4H3. The highest BCUT2D eigenvalue weighted by molar-refractivity contribution is 5.80. The molecule has 0 radical (unpaired) electrons. The molecular weight excluding hydrogens is 202 g/mol. The van der Waals surface area contributed by atoms with Gasteiger partial charge in [0.1, 0.15) is 5.78 Å². The molecule has 0 aromatic heterocycles. The fraction of sp³-hybridized carbons (Fsp3) is 0.846. The van der Waals surface area contributed by atoms with Crippen LogP contribution in [0.15, 0.2) is 0 Å². The normalized spacial score (nSPS) is 18.6. The Morgan fingerprint density at radius 1 is 1.31 bits per heavy atom. The van der Waals surface area contributed by atoms with Gasteiger partial charge in [0.25, 0.3) is 0 Å². The Labute approximate surface area is 98.2 Å². The van der Waals surface area contributed by atoms with Gasteiger partial charge in [0, 0.05) is 32.4 Å². The summed E-state index contributed by atoms with van der Waals surface area (Å²) in [6, 6.07) is 0.271. The summed E-state index contributed by atoms with van der Waals surface area (Å²) in [6.07, 6.45) is 3.53. The van der Waals surface area contributed by atoms with Crippen LogP contribution in [0.2, 0.25) is 0 Å². The number of hydrogen-bond acceptors (Lipinski definition) is 2. The van der Waals surface area contributed by atoms with Gasteiger partial charge < -0.3 is 4.90 Å². The minimum absolute atomic E-state index is 0.0375. The molecule has 0 unspecified atom stereocenters. The fourth-order valence-corrected chi connectivity index (χ4v) is 2.09. The number of amides is 1. The molecule has 0 saturated heterocycles. The number of nitrogens with zero attached hydrogens (tertiary/aromatic N) is 1. The van der Waals surface area contributed by atoms with E-state index in [2.05, 4.69) is 20.8 Å². The first-order valence-electron chi connectivity index (χ1n) is 6.07. The maximum absolute atomic E-state index is 12.0. The SMILES string of the molecule is CN(C(=O)CC(C)(C)C)C1CCC(=O)CC1. The first kappa shape index (κ1) is 13.2. The minimum atomic E-state index is 0.0375. The zero-order valence-corrected chi connectivity index (χ0v) is 10.9. The minimum Gasteiger partial charge on any atom is -0.343 e. The Balaban J connectivity index is 2.47. The van der Waals surface area contributed by atoms with Crippen molar-refractivity contribution >= 4 is 11.7 Å². The molecule has 0 bridgehead atoms. The monoisotopic (exact) mass is 225 g/mol. The van der Waals surface area contributed by atoms with Crippen LogP contribution in [0.3, 0.4) is 0 Å². The smallest absolute Gasteiger partial charge is 0.223 e. The molecular formula is C13H23NO2. The van der Waals surface area contributed by atoms with E-state index in [9.17, 15) is 9.59 Å². The lowest BCUT2D eigenvalue weighted by atomic mass is 9.89. The van der Waals surface area contributed by atoms with Crippen molar-refractivity contribution in [3.8, 4) is 0 Å². The summed E-state index contributed by atoms with van der Waals surface area (Å²) in [5, 5.41) is 0. The van der Waals surface area contributed by atoms with Crippen LogP contribution in [-0.2, 0) is 9.59 Å². The van der Waals surface area contributed by atoms with E-state index in [4.69, 9.17) is 0 Å². The number of carbonyl (C=O) groups excluding carboxylic acids is 2. The molecule has 0 aromatic rings. The second kappa shape index (κ2) is 4.98. The van der Waals surface area contributed by atoms with Crippen molar-refractivity contribution in [3.63, 3.8) is 0 Å². The molecule has 3 nitrogen and oxygen atoms in total. The summed E-state index contributed by atoms with van der Waals surface area (Å²) in [5.74, 6) is 0.541. The van der Waals surface area contributed by atoms with Gasteiger partial charge in [-0.05, 0) is 18.3 Å². The highest BCUT2D eigenvalue weighted by atomic mass is 16.2. The summed E-state index contributed by atoms with van der Waals surface area (Å²) in [6.45, 7) is 6.22. The third-order valence-electron chi connectivity index (χ3n) is 3.14. The van der Waals surface area contributed by atoms with E-state index < -0.39 is 0 Å². The summed E-state index contributed by atoms with van der Waals surface area (Å²) in [4.78, 5) is 25.0. The fourth-order valence-electron chi connectivity index (χ4n) is 2.09. The number of Topliss-reactive ketones (excluding diaryl/α,β-unsaturated/α-hetero) is 1. The first-order valence-corrected chi connectivity index (χ1v) is 6.07. The molecule has 1 saturated carbocycles. The molecule has 0 N–H and O–H groups in total. The molecule has 0 aliphatic heterocycles. The lowest BCUT2D eigenvalue weighted by Crippen LogP contribution is -2.40. The van der Waals surface area contributed by atoms with Crippen LogP contribution in [0, 0.1) is 5.41 Å². The quantitative estimate of drug-likeness (QED) is 0.723. The van der Waals surface area contributed by atoms with Gasteiger partial charge >= 0.3 is 0 Å². The largest absolute Gasteiger partial charge is 0.343 e. The van der Waals surface area contributed by atoms with Crippen molar-refractivity contribution in [1.29, 1.82) is 0 Å². The number of rotatable bonds is 2. The maximum atomic E-state index is 12.0. The summed E-state index contributed by atoms with van der Waals surface area (Å²) < 4.78 is 0. The van der Waals surface area contributed by atoms with E-state index in [0.717, 1.165) is 12.8 Å². The molecule has 92 valence electrons. The van der Waals surface area contributed by atoms with Gasteiger partial charge in [-0.1, -0.05) is 20.8 Å². The van der Waals surface area contributed by atoms with Crippen molar-refractivity contribution in [2.75, 3.05) is 7.05 Å². The summed E-state index contributed by atoms with van der Waals surface area (Å²) in [5.41, 5.74) is 0.0375. The third kappa shape index (κ3) is 3.95. The van der Waals surface area contributed by atoms with E-state index in [-0.39, 0.29) is 17.4 Å². The molecule has 1 aliphatic rings. The van der Waals surface area contributed by atoms with E-state index in [1.807, 2.05) is 11.9 Å². The zero-order chi connectivity index (χ0) is 12.3. The second-order valence-corrected chi connectivity index (χ2v) is 6.01. The number of carbonyl (C=O) groups is 2. The van der Waals surface area contributed by atoms with Crippen LogP contribution >= 0.6 is 0 Å². The van der Waals surface area contributed by atoms with Crippen LogP contribution in [0.5, 0.6) is 0 Å². The van der Waals surface area contributed by atoms with Gasteiger partial charge in [-0.3, -0.25) is 9.59 Å². The van der Waals surface area contributed by atoms with E-state index >= 15 is 0 Å². The molecule has 0 spiro atoms. The predicted octanol–water partition coefficient (Wildman–Crippen LogP) is 2.39. The van der Waals surface area contributed by atoms with Crippen molar-refractivity contribution in [1.82, 2.24) is 4.90 Å². The first-order chi connectivity index (χ1) is 7.29. The van der Waals surface area contributed by atoms with E-state index in [1.54, 1.807) is 0 Å². The van der Waals surface area contributed by atoms with Crippen LogP contribution in [0.1, 0.15) is 52.9 Å². The molecule has 3 heteroatoms. The summed E-state index contributed by atoms with van der Waals surface area (Å²) >= 11 is 0. The van der Waals surface area contributed by atoms with Gasteiger partial charge in [0.2, 0.25) is 5.91 Å². The number of ketones is 1. The molecule has 1 aliphatic carbocycles. The molecule has 0 heterocycles. The zero-order valence-electron chi connectivity index (χ0n) is 10.9. The van der Waals surface area contributed by atoms with Crippen LogP contribution in [-0.4, -0.2) is 29.7 Å². The summed E-state index contributed by atoms with van der Waals surface area (Å²) in [7, 11) is 1.87. The number of hydrogen-bond donors (Lipinski definition) is 0. The van der Waals surface area contributed by atoms with Gasteiger partial charge in [-0.15, -0.1) is 0 Å². The lowest BCUT2D eigenvalue weighted by Gasteiger charge is -2.32. The van der Waals surface area contributed by atoms with Gasteiger partial charge in [0.15, 0.2) is 0 Å². The molecule has 0 aromatic carbocycles. The van der Waals surface area contributed by atoms with Crippen molar-refractivity contribution in [3.05, 3.63) is 0 Å². The second-order valence-electron chi connectivity index (χ2n) is 6.01. The predicted molar refractivity (Wildman–Crippen MR) is 64.1 cm³/mol. The van der Waals surface area contributed by atoms with Crippen LogP contribution in [0.25, 0.3) is 0 Å². The van der Waals surface area contributed by atoms with Gasteiger partial charge in [0.05, 0.1) is 0 Å². The molecule has 1 amide bonds. The molecule has 16 heavy (non-hydrogen) atoms. The van der Waals surface area contributed by atoms with Crippen molar-refractivity contribution in [2.45, 2.75) is 58.9 Å². The van der Waals surface area contributed by atoms with Crippen LogP contribution in [0.4, 0.5) is 0 Å². The van der Waals surface area contributed by atoms with E-state index in [1.165, 1.54) is 0 Å². The third-order valence-corrected chi connectivity index (χ3v) is 3.14. The highest BCUT2D eigenvalue weighted by Crippen LogP contribution is 2.24. The average molecular weight is 225 g/mol. The molecule has 1 fully saturated rings. The Kier molecular flexibility index (Phi) is 4.11. The van der Waals surface area contributed by atoms with E-state index in [0.29, 0.717) is 25.0 Å². The van der Waals surface area contributed by atoms with Gasteiger partial charge in [-0.25, -0.2) is 0 Å². The molecule has 1 rings (SSSR count). The average Bonchev–Trinajstić information content (AvgIpc) is 2.15. The highest BCUT2D eigenvalue weighted by Gasteiger charge is 2.27. The topological polar surface area (TPSA) is 37.4 Å². The Hall–Kier alpha value is -0.860. The van der Waals surface area contributed by atoms with Gasteiger partial charge in [-0.2, -0.15) is 0 Å². The Morgan fingerprint density at radius 2 is 1.81 bits per heavy atom. The van der Waals surface area contributed by atoms with Crippen LogP contribution < -0.4 is 0 Å². The molecule has 0 atom stereocenters. The van der Waals surface area contributed by atoms with Crippen molar-refractivity contribution < 1.29 is 9.59 Å².